The van der Waals surface area contributed by atoms with Crippen LogP contribution in [0.2, 0.25) is 0 Å². The van der Waals surface area contributed by atoms with Gasteiger partial charge < -0.3 is 9.88 Å². The van der Waals surface area contributed by atoms with Crippen molar-refractivity contribution in [2.45, 2.75) is 13.0 Å². The van der Waals surface area contributed by atoms with Gasteiger partial charge in [-0.25, -0.2) is 9.97 Å². The van der Waals surface area contributed by atoms with Gasteiger partial charge >= 0.3 is 0 Å². The molecule has 0 spiro atoms. The average molecular weight is 375 g/mol. The molecule has 0 unspecified atom stereocenters. The first-order valence-corrected chi connectivity index (χ1v) is 9.89. The molecule has 1 aliphatic rings. The van der Waals surface area contributed by atoms with Gasteiger partial charge in [0.1, 0.15) is 5.52 Å². The molecule has 27 heavy (non-hydrogen) atoms. The molecule has 0 saturated heterocycles. The maximum Gasteiger partial charge on any atom is 0.227 e. The lowest BCUT2D eigenvalue weighted by molar-refractivity contribution is -0.119. The van der Waals surface area contributed by atoms with E-state index >= 15 is 0 Å². The molecule has 134 valence electrons. The fourth-order valence-corrected chi connectivity index (χ4v) is 4.16. The summed E-state index contributed by atoms with van der Waals surface area (Å²) in [6.45, 7) is 1.32. The third kappa shape index (κ3) is 2.94. The minimum Gasteiger partial charge on any atom is -0.323 e. The summed E-state index contributed by atoms with van der Waals surface area (Å²) >= 11 is 1.59. The number of nitrogens with one attached hydrogen (secondary N) is 1. The van der Waals surface area contributed by atoms with E-state index in [0.29, 0.717) is 13.0 Å². The van der Waals surface area contributed by atoms with Gasteiger partial charge in [-0.1, -0.05) is 42.1 Å². The number of thioether (sulfide) groups is 1. The Kier molecular flexibility index (Phi) is 4.01. The van der Waals surface area contributed by atoms with Gasteiger partial charge in [-0.2, -0.15) is 0 Å². The van der Waals surface area contributed by atoms with Gasteiger partial charge in [0.2, 0.25) is 5.91 Å². The number of aliphatic imine (C=N–C) groups is 1. The van der Waals surface area contributed by atoms with Crippen LogP contribution in [-0.2, 0) is 11.3 Å². The number of amides is 1. The zero-order valence-electron chi connectivity index (χ0n) is 14.6. The molecule has 1 N–H and O–H groups in total. The number of rotatable bonds is 3. The minimum absolute atomic E-state index is 0.0252. The molecule has 5 rings (SSSR count). The number of aromatic nitrogens is 3. The van der Waals surface area contributed by atoms with E-state index in [1.54, 1.807) is 11.8 Å². The summed E-state index contributed by atoms with van der Waals surface area (Å²) in [5.74, 6) is 0.911. The third-order valence-corrected chi connectivity index (χ3v) is 5.54. The fraction of sp³-hybridized carbons (Fsp3) is 0.200. The Morgan fingerprint density at radius 2 is 1.85 bits per heavy atom. The maximum absolute atomic E-state index is 12.3. The summed E-state index contributed by atoms with van der Waals surface area (Å²) in [6, 6.07) is 16.0. The quantitative estimate of drug-likeness (QED) is 0.596. The van der Waals surface area contributed by atoms with E-state index < -0.39 is 0 Å². The lowest BCUT2D eigenvalue weighted by atomic mass is 10.2. The number of hydrogen-bond donors (Lipinski definition) is 1. The van der Waals surface area contributed by atoms with Crippen molar-refractivity contribution in [2.75, 3.05) is 12.3 Å². The third-order valence-electron chi connectivity index (χ3n) is 4.65. The number of carbonyl (C=O) groups excluding carboxylic acids is 1. The fourth-order valence-electron chi connectivity index (χ4n) is 3.42. The summed E-state index contributed by atoms with van der Waals surface area (Å²) in [5, 5.41) is 4.68. The summed E-state index contributed by atoms with van der Waals surface area (Å²) in [5.41, 5.74) is 4.47. The van der Waals surface area contributed by atoms with Crippen LogP contribution >= 0.6 is 11.8 Å². The summed E-state index contributed by atoms with van der Waals surface area (Å²) in [4.78, 5) is 26.3. The SMILES string of the molecule is O=C(CCn1c2ccccc2c2nc3ccccc3nc21)NC1=NCCS1. The highest BCUT2D eigenvalue weighted by atomic mass is 32.2. The number of nitrogens with zero attached hydrogens (tertiary/aromatic N) is 4. The van der Waals surface area contributed by atoms with Gasteiger partial charge in [0.15, 0.2) is 10.8 Å². The highest BCUT2D eigenvalue weighted by Gasteiger charge is 2.16. The Morgan fingerprint density at radius 1 is 1.07 bits per heavy atom. The van der Waals surface area contributed by atoms with E-state index in [1.165, 1.54) is 0 Å². The lowest BCUT2D eigenvalue weighted by Crippen LogP contribution is -2.28. The van der Waals surface area contributed by atoms with Gasteiger partial charge in [0, 0.05) is 24.1 Å². The van der Waals surface area contributed by atoms with E-state index in [0.717, 1.165) is 50.6 Å². The van der Waals surface area contributed by atoms with Crippen molar-refractivity contribution in [3.63, 3.8) is 0 Å². The van der Waals surface area contributed by atoms with Crippen LogP contribution in [0.5, 0.6) is 0 Å². The molecule has 0 atom stereocenters. The standard InChI is InChI=1S/C20H17N5OS/c26-17(24-20-21-10-12-27-20)9-11-25-16-8-4-1-5-13(16)18-19(25)23-15-7-3-2-6-14(15)22-18/h1-8H,9-12H2,(H,21,24,26). The first-order valence-electron chi connectivity index (χ1n) is 8.90. The molecule has 7 heteroatoms. The van der Waals surface area contributed by atoms with Gasteiger partial charge in [-0.15, -0.1) is 0 Å². The number of fused-ring (bicyclic) bond motifs is 4. The van der Waals surface area contributed by atoms with Crippen LogP contribution in [0.15, 0.2) is 53.5 Å². The molecule has 0 bridgehead atoms. The van der Waals surface area contributed by atoms with Crippen molar-refractivity contribution in [3.05, 3.63) is 48.5 Å². The van der Waals surface area contributed by atoms with Gasteiger partial charge in [-0.3, -0.25) is 9.79 Å². The number of para-hydroxylation sites is 3. The van der Waals surface area contributed by atoms with Crippen molar-refractivity contribution in [3.8, 4) is 0 Å². The molecule has 3 heterocycles. The molecule has 0 radical (unpaired) electrons. The number of hydrogen-bond acceptors (Lipinski definition) is 5. The number of benzene rings is 2. The number of carbonyl (C=O) groups is 1. The van der Waals surface area contributed by atoms with Crippen LogP contribution in [0.25, 0.3) is 33.1 Å². The zero-order chi connectivity index (χ0) is 18.2. The first kappa shape index (κ1) is 16.3. The minimum atomic E-state index is -0.0252. The zero-order valence-corrected chi connectivity index (χ0v) is 15.4. The van der Waals surface area contributed by atoms with E-state index in [4.69, 9.17) is 9.97 Å². The Balaban J connectivity index is 1.55. The van der Waals surface area contributed by atoms with Gasteiger partial charge in [-0.05, 0) is 18.2 Å². The second kappa shape index (κ2) is 6.66. The van der Waals surface area contributed by atoms with Crippen molar-refractivity contribution in [1.29, 1.82) is 0 Å². The molecule has 2 aromatic heterocycles. The van der Waals surface area contributed by atoms with Crippen molar-refractivity contribution in [1.82, 2.24) is 19.9 Å². The normalized spacial score (nSPS) is 14.1. The Morgan fingerprint density at radius 3 is 2.67 bits per heavy atom. The topological polar surface area (TPSA) is 72.2 Å². The Labute approximate surface area is 159 Å². The van der Waals surface area contributed by atoms with Crippen molar-refractivity contribution >= 4 is 55.9 Å². The summed E-state index contributed by atoms with van der Waals surface area (Å²) < 4.78 is 2.09. The maximum atomic E-state index is 12.3. The van der Waals surface area contributed by atoms with E-state index in [2.05, 4.69) is 27.0 Å². The molecular weight excluding hydrogens is 358 g/mol. The van der Waals surface area contributed by atoms with Crippen LogP contribution in [-0.4, -0.2) is 37.9 Å². The molecule has 0 fully saturated rings. The smallest absolute Gasteiger partial charge is 0.227 e. The molecule has 1 amide bonds. The van der Waals surface area contributed by atoms with E-state index in [9.17, 15) is 4.79 Å². The first-order chi connectivity index (χ1) is 13.3. The van der Waals surface area contributed by atoms with Crippen LogP contribution in [0.4, 0.5) is 0 Å². The van der Waals surface area contributed by atoms with Gasteiger partial charge in [0.25, 0.3) is 0 Å². The monoisotopic (exact) mass is 375 g/mol. The van der Waals surface area contributed by atoms with E-state index in [1.807, 2.05) is 36.4 Å². The van der Waals surface area contributed by atoms with Crippen molar-refractivity contribution < 1.29 is 4.79 Å². The summed E-state index contributed by atoms with van der Waals surface area (Å²) in [7, 11) is 0. The van der Waals surface area contributed by atoms with Crippen LogP contribution in [0.3, 0.4) is 0 Å². The van der Waals surface area contributed by atoms with Crippen LogP contribution < -0.4 is 5.32 Å². The molecule has 6 nitrogen and oxygen atoms in total. The summed E-state index contributed by atoms with van der Waals surface area (Å²) in [6.07, 6.45) is 0.363. The predicted octanol–water partition coefficient (Wildman–Crippen LogP) is 3.35. The Hall–Kier alpha value is -2.93. The highest BCUT2D eigenvalue weighted by Crippen LogP contribution is 2.28. The highest BCUT2D eigenvalue weighted by molar-refractivity contribution is 8.14. The largest absolute Gasteiger partial charge is 0.323 e. The number of aryl methyl sites for hydroxylation is 1. The molecular formula is C20H17N5OS. The second-order valence-electron chi connectivity index (χ2n) is 6.39. The average Bonchev–Trinajstić information content (AvgIpc) is 3.31. The second-order valence-corrected chi connectivity index (χ2v) is 7.47. The predicted molar refractivity (Wildman–Crippen MR) is 110 cm³/mol. The molecule has 1 aliphatic heterocycles. The van der Waals surface area contributed by atoms with E-state index in [-0.39, 0.29) is 5.91 Å². The molecule has 0 saturated carbocycles. The van der Waals surface area contributed by atoms with Crippen LogP contribution in [0.1, 0.15) is 6.42 Å². The van der Waals surface area contributed by atoms with Crippen molar-refractivity contribution in [2.24, 2.45) is 4.99 Å². The van der Waals surface area contributed by atoms with Gasteiger partial charge in [0.05, 0.1) is 23.1 Å². The molecule has 2 aromatic carbocycles. The van der Waals surface area contributed by atoms with Crippen LogP contribution in [0, 0.1) is 0 Å². The molecule has 0 aliphatic carbocycles. The lowest BCUT2D eigenvalue weighted by Gasteiger charge is -2.08. The Bertz CT molecular complexity index is 1210. The number of amidine groups is 1. The molecule has 4 aromatic rings.